The molecule has 0 aromatic carbocycles. The molecule has 1 aromatic heterocycles. The van der Waals surface area contributed by atoms with Crippen molar-refractivity contribution < 1.29 is 4.74 Å². The van der Waals surface area contributed by atoms with Gasteiger partial charge in [0.05, 0.1) is 13.2 Å². The highest BCUT2D eigenvalue weighted by atomic mass is 16.5. The first-order chi connectivity index (χ1) is 7.66. The molecule has 1 aromatic rings. The fourth-order valence-electron chi connectivity index (χ4n) is 1.68. The van der Waals surface area contributed by atoms with E-state index in [1.807, 2.05) is 6.07 Å². The summed E-state index contributed by atoms with van der Waals surface area (Å²) >= 11 is 0. The molecular weight excluding hydrogens is 204 g/mol. The molecule has 0 atom stereocenters. The van der Waals surface area contributed by atoms with Crippen LogP contribution in [0.25, 0.3) is 0 Å². The number of ether oxygens (including phenoxy) is 1. The number of hydrogen-bond acceptors (Lipinski definition) is 5. The quantitative estimate of drug-likeness (QED) is 0.809. The molecule has 1 aliphatic heterocycles. The third-order valence-corrected chi connectivity index (χ3v) is 2.60. The first-order valence-corrected chi connectivity index (χ1v) is 5.64. The summed E-state index contributed by atoms with van der Waals surface area (Å²) in [6.45, 7) is 7.37. The van der Waals surface area contributed by atoms with Crippen molar-refractivity contribution in [2.45, 2.75) is 19.8 Å². The molecule has 0 saturated carbocycles. The normalized spacial score (nSPS) is 16.8. The van der Waals surface area contributed by atoms with Gasteiger partial charge in [0.15, 0.2) is 0 Å². The van der Waals surface area contributed by atoms with Crippen LogP contribution in [-0.2, 0) is 4.74 Å². The molecule has 1 saturated heterocycles. The molecule has 5 heteroatoms. The number of aromatic nitrogens is 2. The van der Waals surface area contributed by atoms with Crippen molar-refractivity contribution in [2.75, 3.05) is 36.9 Å². The summed E-state index contributed by atoms with van der Waals surface area (Å²) < 4.78 is 5.31. The van der Waals surface area contributed by atoms with Gasteiger partial charge in [0.25, 0.3) is 0 Å². The van der Waals surface area contributed by atoms with Crippen molar-refractivity contribution in [2.24, 2.45) is 0 Å². The zero-order valence-electron chi connectivity index (χ0n) is 9.81. The summed E-state index contributed by atoms with van der Waals surface area (Å²) in [5.74, 6) is 2.56. The van der Waals surface area contributed by atoms with Crippen LogP contribution in [0.5, 0.6) is 0 Å². The van der Waals surface area contributed by atoms with Crippen LogP contribution in [-0.4, -0.2) is 36.3 Å². The number of morpholine rings is 1. The smallest absolute Gasteiger partial charge is 0.135 e. The number of nitrogens with zero attached hydrogens (tertiary/aromatic N) is 3. The van der Waals surface area contributed by atoms with Gasteiger partial charge in [-0.2, -0.15) is 0 Å². The fourth-order valence-corrected chi connectivity index (χ4v) is 1.68. The van der Waals surface area contributed by atoms with Crippen LogP contribution in [0.2, 0.25) is 0 Å². The van der Waals surface area contributed by atoms with E-state index in [4.69, 9.17) is 10.5 Å². The van der Waals surface area contributed by atoms with Gasteiger partial charge >= 0.3 is 0 Å². The number of anilines is 2. The Hall–Kier alpha value is -1.36. The van der Waals surface area contributed by atoms with Crippen molar-refractivity contribution in [1.29, 1.82) is 0 Å². The molecule has 0 amide bonds. The Balaban J connectivity index is 2.25. The summed E-state index contributed by atoms with van der Waals surface area (Å²) in [6.07, 6.45) is 0. The van der Waals surface area contributed by atoms with Gasteiger partial charge in [0.1, 0.15) is 17.5 Å². The van der Waals surface area contributed by atoms with Crippen LogP contribution in [0.4, 0.5) is 11.6 Å². The predicted octanol–water partition coefficient (Wildman–Crippen LogP) is 1.02. The van der Waals surface area contributed by atoms with Gasteiger partial charge in [0, 0.05) is 25.1 Å². The van der Waals surface area contributed by atoms with Crippen LogP contribution in [0, 0.1) is 0 Å². The Labute approximate surface area is 95.6 Å². The Morgan fingerprint density at radius 3 is 2.62 bits per heavy atom. The van der Waals surface area contributed by atoms with E-state index in [-0.39, 0.29) is 0 Å². The zero-order valence-corrected chi connectivity index (χ0v) is 9.81. The molecule has 0 bridgehead atoms. The molecule has 2 rings (SSSR count). The Bertz CT molecular complexity index is 361. The van der Waals surface area contributed by atoms with E-state index in [1.165, 1.54) is 0 Å². The van der Waals surface area contributed by atoms with Gasteiger partial charge < -0.3 is 15.4 Å². The van der Waals surface area contributed by atoms with E-state index in [9.17, 15) is 0 Å². The number of hydrogen-bond donors (Lipinski definition) is 1. The molecule has 2 heterocycles. The molecule has 16 heavy (non-hydrogen) atoms. The second-order valence-electron chi connectivity index (χ2n) is 4.26. The van der Waals surface area contributed by atoms with Crippen LogP contribution in [0.15, 0.2) is 6.07 Å². The van der Waals surface area contributed by atoms with E-state index in [0.717, 1.165) is 37.9 Å². The second-order valence-corrected chi connectivity index (χ2v) is 4.26. The van der Waals surface area contributed by atoms with E-state index in [1.54, 1.807) is 0 Å². The monoisotopic (exact) mass is 222 g/mol. The molecule has 1 aliphatic rings. The third kappa shape index (κ3) is 2.41. The lowest BCUT2D eigenvalue weighted by atomic mass is 10.2. The lowest BCUT2D eigenvalue weighted by molar-refractivity contribution is 0.122. The van der Waals surface area contributed by atoms with Gasteiger partial charge in [-0.15, -0.1) is 0 Å². The Kier molecular flexibility index (Phi) is 3.24. The number of nitrogen functional groups attached to an aromatic ring is 1. The van der Waals surface area contributed by atoms with Gasteiger partial charge in [-0.05, 0) is 0 Å². The van der Waals surface area contributed by atoms with Crippen molar-refractivity contribution >= 4 is 11.6 Å². The third-order valence-electron chi connectivity index (χ3n) is 2.60. The first-order valence-electron chi connectivity index (χ1n) is 5.64. The predicted molar refractivity (Wildman–Crippen MR) is 63.6 cm³/mol. The highest BCUT2D eigenvalue weighted by molar-refractivity contribution is 5.47. The van der Waals surface area contributed by atoms with Crippen molar-refractivity contribution in [3.05, 3.63) is 11.9 Å². The van der Waals surface area contributed by atoms with Crippen LogP contribution in [0.1, 0.15) is 25.6 Å². The molecule has 2 N–H and O–H groups in total. The van der Waals surface area contributed by atoms with Crippen molar-refractivity contribution in [3.8, 4) is 0 Å². The summed E-state index contributed by atoms with van der Waals surface area (Å²) in [7, 11) is 0. The van der Waals surface area contributed by atoms with E-state index in [0.29, 0.717) is 11.7 Å². The molecule has 88 valence electrons. The largest absolute Gasteiger partial charge is 0.384 e. The standard InChI is InChI=1S/C11H18N4O/c1-8(2)11-13-9(12)7-10(14-11)15-3-5-16-6-4-15/h7-8H,3-6H2,1-2H3,(H2,12,13,14). The van der Waals surface area contributed by atoms with Crippen LogP contribution in [0.3, 0.4) is 0 Å². The van der Waals surface area contributed by atoms with Crippen molar-refractivity contribution in [3.63, 3.8) is 0 Å². The number of rotatable bonds is 2. The minimum absolute atomic E-state index is 0.295. The molecule has 0 radical (unpaired) electrons. The molecule has 0 unspecified atom stereocenters. The Morgan fingerprint density at radius 1 is 1.31 bits per heavy atom. The summed E-state index contributed by atoms with van der Waals surface area (Å²) in [5, 5.41) is 0. The minimum Gasteiger partial charge on any atom is -0.384 e. The molecule has 5 nitrogen and oxygen atoms in total. The van der Waals surface area contributed by atoms with E-state index in [2.05, 4.69) is 28.7 Å². The maximum absolute atomic E-state index is 5.79. The summed E-state index contributed by atoms with van der Waals surface area (Å²) in [4.78, 5) is 11.0. The van der Waals surface area contributed by atoms with Gasteiger partial charge in [0.2, 0.25) is 0 Å². The summed E-state index contributed by atoms with van der Waals surface area (Å²) in [6, 6.07) is 1.83. The SMILES string of the molecule is CC(C)c1nc(N)cc(N2CCOCC2)n1. The van der Waals surface area contributed by atoms with Crippen molar-refractivity contribution in [1.82, 2.24) is 9.97 Å². The maximum atomic E-state index is 5.79. The maximum Gasteiger partial charge on any atom is 0.135 e. The Morgan fingerprint density at radius 2 is 2.00 bits per heavy atom. The number of nitrogens with two attached hydrogens (primary N) is 1. The molecule has 0 aliphatic carbocycles. The fraction of sp³-hybridized carbons (Fsp3) is 0.636. The van der Waals surface area contributed by atoms with Gasteiger partial charge in [-0.1, -0.05) is 13.8 Å². The first kappa shape index (κ1) is 11.1. The zero-order chi connectivity index (χ0) is 11.5. The molecule has 1 fully saturated rings. The minimum atomic E-state index is 0.295. The highest BCUT2D eigenvalue weighted by Gasteiger charge is 2.15. The van der Waals surface area contributed by atoms with Crippen LogP contribution >= 0.6 is 0 Å². The second kappa shape index (κ2) is 4.65. The van der Waals surface area contributed by atoms with Crippen LogP contribution < -0.4 is 10.6 Å². The molecular formula is C11H18N4O. The lowest BCUT2D eigenvalue weighted by Gasteiger charge is -2.28. The van der Waals surface area contributed by atoms with E-state index < -0.39 is 0 Å². The summed E-state index contributed by atoms with van der Waals surface area (Å²) in [5.41, 5.74) is 5.79. The topological polar surface area (TPSA) is 64.3 Å². The van der Waals surface area contributed by atoms with Gasteiger partial charge in [-0.25, -0.2) is 9.97 Å². The molecule has 0 spiro atoms. The highest BCUT2D eigenvalue weighted by Crippen LogP contribution is 2.19. The average Bonchev–Trinajstić information content (AvgIpc) is 2.29. The van der Waals surface area contributed by atoms with E-state index >= 15 is 0 Å². The lowest BCUT2D eigenvalue weighted by Crippen LogP contribution is -2.37. The average molecular weight is 222 g/mol. The van der Waals surface area contributed by atoms with Gasteiger partial charge in [-0.3, -0.25) is 0 Å².